The average Bonchev–Trinajstić information content (AvgIpc) is 2.37. The highest BCUT2D eigenvalue weighted by molar-refractivity contribution is 5.88. The number of ether oxygens (including phenoxy) is 2. The summed E-state index contributed by atoms with van der Waals surface area (Å²) >= 11 is 0. The number of nitrogens with one attached hydrogen (secondary N) is 1. The SMILES string of the molecule is C#CCCc1cc(NC(=O)OC(C)(C)C)c(O)c(OC)c1. The zero-order valence-corrected chi connectivity index (χ0v) is 12.8. The molecule has 1 aromatic carbocycles. The molecule has 0 atom stereocenters. The van der Waals surface area contributed by atoms with Gasteiger partial charge in [0.2, 0.25) is 0 Å². The molecular formula is C16H21NO4. The number of amides is 1. The van der Waals surface area contributed by atoms with Gasteiger partial charge in [-0.15, -0.1) is 12.3 Å². The summed E-state index contributed by atoms with van der Waals surface area (Å²) in [5.41, 5.74) is 0.467. The summed E-state index contributed by atoms with van der Waals surface area (Å²) in [6.07, 6.45) is 5.78. The average molecular weight is 291 g/mol. The van der Waals surface area contributed by atoms with Gasteiger partial charge in [0.25, 0.3) is 0 Å². The fourth-order valence-electron chi connectivity index (χ4n) is 1.69. The lowest BCUT2D eigenvalue weighted by Crippen LogP contribution is -2.27. The molecule has 0 radical (unpaired) electrons. The molecule has 1 aromatic rings. The Hall–Kier alpha value is -2.35. The molecule has 0 aliphatic carbocycles. The summed E-state index contributed by atoms with van der Waals surface area (Å²) in [5, 5.41) is 12.6. The van der Waals surface area contributed by atoms with Crippen LogP contribution in [0.4, 0.5) is 10.5 Å². The van der Waals surface area contributed by atoms with Crippen LogP contribution in [-0.4, -0.2) is 23.9 Å². The Morgan fingerprint density at radius 2 is 2.10 bits per heavy atom. The predicted octanol–water partition coefficient (Wildman–Crippen LogP) is 3.31. The molecule has 21 heavy (non-hydrogen) atoms. The van der Waals surface area contributed by atoms with E-state index < -0.39 is 11.7 Å². The molecule has 0 saturated heterocycles. The number of methoxy groups -OCH3 is 1. The van der Waals surface area contributed by atoms with Gasteiger partial charge in [-0.25, -0.2) is 4.79 Å². The van der Waals surface area contributed by atoms with Crippen LogP contribution in [0.1, 0.15) is 32.8 Å². The van der Waals surface area contributed by atoms with Crippen LogP contribution in [0.2, 0.25) is 0 Å². The number of hydrogen-bond acceptors (Lipinski definition) is 4. The van der Waals surface area contributed by atoms with E-state index in [2.05, 4.69) is 11.2 Å². The lowest BCUT2D eigenvalue weighted by atomic mass is 10.1. The number of rotatable bonds is 4. The summed E-state index contributed by atoms with van der Waals surface area (Å²) in [6, 6.07) is 3.34. The maximum absolute atomic E-state index is 11.8. The highest BCUT2D eigenvalue weighted by Gasteiger charge is 2.19. The van der Waals surface area contributed by atoms with Crippen LogP contribution in [0.25, 0.3) is 0 Å². The smallest absolute Gasteiger partial charge is 0.412 e. The van der Waals surface area contributed by atoms with Crippen LogP contribution in [0, 0.1) is 12.3 Å². The lowest BCUT2D eigenvalue weighted by Gasteiger charge is -2.20. The van der Waals surface area contributed by atoms with E-state index in [1.54, 1.807) is 32.9 Å². The van der Waals surface area contributed by atoms with Crippen LogP contribution in [0.5, 0.6) is 11.5 Å². The largest absolute Gasteiger partial charge is 0.503 e. The number of carbonyl (C=O) groups is 1. The fraction of sp³-hybridized carbons (Fsp3) is 0.438. The van der Waals surface area contributed by atoms with Crippen molar-refractivity contribution in [3.8, 4) is 23.8 Å². The van der Waals surface area contributed by atoms with Crippen LogP contribution < -0.4 is 10.1 Å². The summed E-state index contributed by atoms with van der Waals surface area (Å²) in [4.78, 5) is 11.8. The second-order valence-electron chi connectivity index (χ2n) is 5.53. The first-order chi connectivity index (χ1) is 9.76. The summed E-state index contributed by atoms with van der Waals surface area (Å²) in [6.45, 7) is 5.28. The quantitative estimate of drug-likeness (QED) is 0.659. The Balaban J connectivity index is 2.99. The van der Waals surface area contributed by atoms with Crippen LogP contribution in [0.3, 0.4) is 0 Å². The number of aryl methyl sites for hydroxylation is 1. The minimum atomic E-state index is -0.644. The van der Waals surface area contributed by atoms with E-state index in [1.807, 2.05) is 0 Å². The second-order valence-corrected chi connectivity index (χ2v) is 5.53. The molecule has 114 valence electrons. The normalized spacial score (nSPS) is 10.6. The number of hydrogen-bond donors (Lipinski definition) is 2. The van der Waals surface area contributed by atoms with E-state index in [0.717, 1.165) is 5.56 Å². The molecular weight excluding hydrogens is 270 g/mol. The number of phenolic OH excluding ortho intramolecular Hbond substituents is 1. The van der Waals surface area contributed by atoms with Crippen LogP contribution in [-0.2, 0) is 11.2 Å². The summed E-state index contributed by atoms with van der Waals surface area (Å²) in [7, 11) is 1.44. The predicted molar refractivity (Wildman–Crippen MR) is 81.7 cm³/mol. The van der Waals surface area contributed by atoms with Gasteiger partial charge >= 0.3 is 6.09 Å². The minimum absolute atomic E-state index is 0.146. The molecule has 0 spiro atoms. The molecule has 0 saturated carbocycles. The second kappa shape index (κ2) is 6.89. The first-order valence-electron chi connectivity index (χ1n) is 6.60. The lowest BCUT2D eigenvalue weighted by molar-refractivity contribution is 0.0635. The maximum atomic E-state index is 11.8. The van der Waals surface area contributed by atoms with Gasteiger partial charge in [0, 0.05) is 6.42 Å². The van der Waals surface area contributed by atoms with E-state index in [-0.39, 0.29) is 17.2 Å². The van der Waals surface area contributed by atoms with Gasteiger partial charge in [-0.3, -0.25) is 5.32 Å². The van der Waals surface area contributed by atoms with Crippen molar-refractivity contribution in [2.75, 3.05) is 12.4 Å². The van der Waals surface area contributed by atoms with Gasteiger partial charge in [-0.1, -0.05) is 0 Å². The van der Waals surface area contributed by atoms with Crippen molar-refractivity contribution in [2.24, 2.45) is 0 Å². The molecule has 0 aromatic heterocycles. The van der Waals surface area contributed by atoms with Crippen molar-refractivity contribution >= 4 is 11.8 Å². The molecule has 1 amide bonds. The van der Waals surface area contributed by atoms with E-state index in [4.69, 9.17) is 15.9 Å². The molecule has 0 bridgehead atoms. The molecule has 0 aliphatic heterocycles. The molecule has 0 aliphatic rings. The molecule has 0 fully saturated rings. The zero-order valence-electron chi connectivity index (χ0n) is 12.8. The van der Waals surface area contributed by atoms with E-state index >= 15 is 0 Å². The summed E-state index contributed by atoms with van der Waals surface area (Å²) in [5.74, 6) is 2.67. The van der Waals surface area contributed by atoms with Gasteiger partial charge < -0.3 is 14.6 Å². The molecule has 1 rings (SSSR count). The van der Waals surface area contributed by atoms with E-state index in [1.165, 1.54) is 7.11 Å². The van der Waals surface area contributed by atoms with Crippen molar-refractivity contribution in [3.05, 3.63) is 17.7 Å². The standard InChI is InChI=1S/C16H21NO4/c1-6-7-8-11-9-12(14(18)13(10-11)20-5)17-15(19)21-16(2,3)4/h1,9-10,18H,7-8H2,2-5H3,(H,17,19). The third-order valence-electron chi connectivity index (χ3n) is 2.55. The van der Waals surface area contributed by atoms with Gasteiger partial charge in [0.1, 0.15) is 5.60 Å². The third kappa shape index (κ3) is 5.27. The van der Waals surface area contributed by atoms with E-state index in [0.29, 0.717) is 12.8 Å². The van der Waals surface area contributed by atoms with Gasteiger partial charge in [0.15, 0.2) is 11.5 Å². The number of benzene rings is 1. The molecule has 5 heteroatoms. The molecule has 2 N–H and O–H groups in total. The number of phenols is 1. The third-order valence-corrected chi connectivity index (χ3v) is 2.55. The number of anilines is 1. The Bertz CT molecular complexity index is 553. The first-order valence-corrected chi connectivity index (χ1v) is 6.60. The molecule has 0 unspecified atom stereocenters. The number of aromatic hydroxyl groups is 1. The highest BCUT2D eigenvalue weighted by atomic mass is 16.6. The van der Waals surface area contributed by atoms with Crippen molar-refractivity contribution in [1.82, 2.24) is 0 Å². The Morgan fingerprint density at radius 3 is 2.62 bits per heavy atom. The van der Waals surface area contributed by atoms with Crippen molar-refractivity contribution < 1.29 is 19.4 Å². The Kier molecular flexibility index (Phi) is 5.48. The summed E-state index contributed by atoms with van der Waals surface area (Å²) < 4.78 is 10.3. The Morgan fingerprint density at radius 1 is 1.43 bits per heavy atom. The highest BCUT2D eigenvalue weighted by Crippen LogP contribution is 2.36. The van der Waals surface area contributed by atoms with E-state index in [9.17, 15) is 9.90 Å². The monoisotopic (exact) mass is 291 g/mol. The van der Waals surface area contributed by atoms with Crippen molar-refractivity contribution in [3.63, 3.8) is 0 Å². The van der Waals surface area contributed by atoms with Crippen LogP contribution in [0.15, 0.2) is 12.1 Å². The first kappa shape index (κ1) is 16.7. The zero-order chi connectivity index (χ0) is 16.0. The number of terminal acetylenes is 1. The minimum Gasteiger partial charge on any atom is -0.503 e. The van der Waals surface area contributed by atoms with Crippen molar-refractivity contribution in [1.29, 1.82) is 0 Å². The molecule has 0 heterocycles. The topological polar surface area (TPSA) is 67.8 Å². The van der Waals surface area contributed by atoms with Gasteiger partial charge in [-0.2, -0.15) is 0 Å². The fourth-order valence-corrected chi connectivity index (χ4v) is 1.69. The molecule has 5 nitrogen and oxygen atoms in total. The Labute approximate surface area is 125 Å². The number of carbonyl (C=O) groups excluding carboxylic acids is 1. The van der Waals surface area contributed by atoms with Crippen molar-refractivity contribution in [2.45, 2.75) is 39.2 Å². The van der Waals surface area contributed by atoms with Gasteiger partial charge in [0.05, 0.1) is 12.8 Å². The van der Waals surface area contributed by atoms with Gasteiger partial charge in [-0.05, 0) is 44.9 Å². The maximum Gasteiger partial charge on any atom is 0.412 e. The van der Waals surface area contributed by atoms with Crippen LogP contribution >= 0.6 is 0 Å².